The molecular weight excluding hydrogens is 236 g/mol. The number of hydrogen-bond donors (Lipinski definition) is 2. The monoisotopic (exact) mass is 250 g/mol. The fourth-order valence-electron chi connectivity index (χ4n) is 1.62. The molecule has 1 aromatic heterocycles. The average molecular weight is 250 g/mol. The van der Waals surface area contributed by atoms with E-state index in [4.69, 9.17) is 17.3 Å². The predicted molar refractivity (Wildman–Crippen MR) is 70.0 cm³/mol. The average Bonchev–Trinajstić information content (AvgIpc) is 2.85. The summed E-state index contributed by atoms with van der Waals surface area (Å²) in [6.45, 7) is 2.00. The van der Waals surface area contributed by atoms with E-state index in [2.05, 4.69) is 20.4 Å². The molecule has 0 aliphatic carbocycles. The third-order valence-corrected chi connectivity index (χ3v) is 2.87. The van der Waals surface area contributed by atoms with Gasteiger partial charge in [0, 0.05) is 13.1 Å². The summed E-state index contributed by atoms with van der Waals surface area (Å²) in [4.78, 5) is 6.07. The maximum atomic E-state index is 9.06. The molecule has 0 radical (unpaired) electrons. The lowest BCUT2D eigenvalue weighted by molar-refractivity contribution is 0.472. The van der Waals surface area contributed by atoms with Crippen LogP contribution < -0.4 is 5.43 Å². The van der Waals surface area contributed by atoms with E-state index in [9.17, 15) is 0 Å². The minimum absolute atomic E-state index is 0.141. The Labute approximate surface area is 105 Å². The molecule has 0 aromatic carbocycles. The molecule has 0 saturated carbocycles. The summed E-state index contributed by atoms with van der Waals surface area (Å²) in [5.74, 6) is 0.141. The van der Waals surface area contributed by atoms with Gasteiger partial charge >= 0.3 is 0 Å². The van der Waals surface area contributed by atoms with Gasteiger partial charge in [0.05, 0.1) is 18.1 Å². The van der Waals surface area contributed by atoms with E-state index >= 15 is 0 Å². The highest BCUT2D eigenvalue weighted by molar-refractivity contribution is 7.80. The van der Waals surface area contributed by atoms with Crippen LogP contribution in [0.4, 0.5) is 0 Å². The summed E-state index contributed by atoms with van der Waals surface area (Å²) in [5.41, 5.74) is 3.48. The Balaban J connectivity index is 1.84. The molecule has 90 valence electrons. The maximum Gasteiger partial charge on any atom is 0.189 e. The molecule has 2 heterocycles. The largest absolute Gasteiger partial charge is 0.506 e. The van der Waals surface area contributed by atoms with Crippen molar-refractivity contribution in [1.82, 2.24) is 15.3 Å². The molecule has 1 aromatic rings. The standard InChI is InChI=1S/C11H14N4OS/c16-10-4-3-9(12-8-10)7-13-14-11(17)15-5-1-2-6-15/h3-4,7-8,16H,1-2,5-6H2,(H,14,17)/b13-7+. The fraction of sp³-hybridized carbons (Fsp3) is 0.364. The summed E-state index contributed by atoms with van der Waals surface area (Å²) in [5, 5.41) is 13.7. The Bertz CT molecular complexity index is 412. The Hall–Kier alpha value is -1.69. The number of aromatic hydroxyl groups is 1. The van der Waals surface area contributed by atoms with Gasteiger partial charge in [0.25, 0.3) is 0 Å². The van der Waals surface area contributed by atoms with Crippen LogP contribution in [-0.4, -0.2) is 39.4 Å². The molecule has 2 rings (SSSR count). The van der Waals surface area contributed by atoms with Gasteiger partial charge in [-0.25, -0.2) is 0 Å². The second-order valence-electron chi connectivity index (χ2n) is 3.81. The fourth-order valence-corrected chi connectivity index (χ4v) is 1.85. The minimum Gasteiger partial charge on any atom is -0.506 e. The van der Waals surface area contributed by atoms with Crippen LogP contribution in [0.1, 0.15) is 18.5 Å². The lowest BCUT2D eigenvalue weighted by Gasteiger charge is -2.16. The summed E-state index contributed by atoms with van der Waals surface area (Å²) in [7, 11) is 0. The van der Waals surface area contributed by atoms with Crippen molar-refractivity contribution in [2.75, 3.05) is 13.1 Å². The molecule has 1 aliphatic rings. The number of hydrogen-bond acceptors (Lipinski definition) is 4. The second kappa shape index (κ2) is 5.58. The Morgan fingerprint density at radius 1 is 1.47 bits per heavy atom. The van der Waals surface area contributed by atoms with Crippen molar-refractivity contribution >= 4 is 23.5 Å². The highest BCUT2D eigenvalue weighted by atomic mass is 32.1. The molecule has 0 atom stereocenters. The second-order valence-corrected chi connectivity index (χ2v) is 4.20. The molecule has 17 heavy (non-hydrogen) atoms. The quantitative estimate of drug-likeness (QED) is 0.467. The van der Waals surface area contributed by atoms with Gasteiger partial charge in [-0.1, -0.05) is 0 Å². The van der Waals surface area contributed by atoms with Crippen LogP contribution in [-0.2, 0) is 0 Å². The van der Waals surface area contributed by atoms with Crippen LogP contribution >= 0.6 is 12.2 Å². The van der Waals surface area contributed by atoms with Crippen LogP contribution in [0, 0.1) is 0 Å². The van der Waals surface area contributed by atoms with Gasteiger partial charge < -0.3 is 10.0 Å². The van der Waals surface area contributed by atoms with Crippen LogP contribution in [0.2, 0.25) is 0 Å². The van der Waals surface area contributed by atoms with E-state index in [-0.39, 0.29) is 5.75 Å². The first-order valence-electron chi connectivity index (χ1n) is 5.49. The number of hydrazone groups is 1. The van der Waals surface area contributed by atoms with Gasteiger partial charge in [-0.2, -0.15) is 5.10 Å². The van der Waals surface area contributed by atoms with Gasteiger partial charge in [-0.05, 0) is 37.2 Å². The molecule has 5 nitrogen and oxygen atoms in total. The minimum atomic E-state index is 0.141. The third kappa shape index (κ3) is 3.39. The smallest absolute Gasteiger partial charge is 0.189 e. The number of aromatic nitrogens is 1. The third-order valence-electron chi connectivity index (χ3n) is 2.52. The van der Waals surface area contributed by atoms with E-state index in [1.54, 1.807) is 18.3 Å². The van der Waals surface area contributed by atoms with Crippen molar-refractivity contribution in [3.05, 3.63) is 24.0 Å². The molecule has 1 saturated heterocycles. The van der Waals surface area contributed by atoms with Crippen molar-refractivity contribution in [3.8, 4) is 5.75 Å². The molecule has 0 unspecified atom stereocenters. The molecule has 6 heteroatoms. The van der Waals surface area contributed by atoms with Crippen LogP contribution in [0.25, 0.3) is 0 Å². The van der Waals surface area contributed by atoms with Crippen LogP contribution in [0.3, 0.4) is 0 Å². The molecule has 1 fully saturated rings. The van der Waals surface area contributed by atoms with Gasteiger partial charge in [0.15, 0.2) is 5.11 Å². The molecule has 2 N–H and O–H groups in total. The zero-order valence-electron chi connectivity index (χ0n) is 9.33. The van der Waals surface area contributed by atoms with E-state index in [1.807, 2.05) is 0 Å². The van der Waals surface area contributed by atoms with Gasteiger partial charge in [-0.3, -0.25) is 10.4 Å². The first-order chi connectivity index (χ1) is 8.25. The van der Waals surface area contributed by atoms with Crippen LogP contribution in [0.5, 0.6) is 5.75 Å². The summed E-state index contributed by atoms with van der Waals surface area (Å²) in [6, 6.07) is 3.24. The van der Waals surface area contributed by atoms with Gasteiger partial charge in [-0.15, -0.1) is 0 Å². The molecule has 0 bridgehead atoms. The van der Waals surface area contributed by atoms with Crippen LogP contribution in [0.15, 0.2) is 23.4 Å². The molecule has 1 aliphatic heterocycles. The summed E-state index contributed by atoms with van der Waals surface area (Å²) in [6.07, 6.45) is 5.32. The Morgan fingerprint density at radius 2 is 2.24 bits per heavy atom. The highest BCUT2D eigenvalue weighted by Gasteiger charge is 2.13. The maximum absolute atomic E-state index is 9.06. The van der Waals surface area contributed by atoms with Crippen molar-refractivity contribution < 1.29 is 5.11 Å². The summed E-state index contributed by atoms with van der Waals surface area (Å²) < 4.78 is 0. The van der Waals surface area contributed by atoms with Gasteiger partial charge in [0.2, 0.25) is 0 Å². The highest BCUT2D eigenvalue weighted by Crippen LogP contribution is 2.07. The number of nitrogens with zero attached hydrogens (tertiary/aromatic N) is 3. The zero-order chi connectivity index (χ0) is 12.1. The normalized spacial score (nSPS) is 15.4. The number of pyridine rings is 1. The first-order valence-corrected chi connectivity index (χ1v) is 5.89. The Kier molecular flexibility index (Phi) is 3.87. The molecule has 0 spiro atoms. The van der Waals surface area contributed by atoms with E-state index in [1.165, 1.54) is 19.0 Å². The number of likely N-dealkylation sites (tertiary alicyclic amines) is 1. The van der Waals surface area contributed by atoms with E-state index < -0.39 is 0 Å². The lowest BCUT2D eigenvalue weighted by atomic mass is 10.4. The SMILES string of the molecule is Oc1ccc(/C=N/NC(=S)N2CCCC2)nc1. The first kappa shape index (κ1) is 11.8. The van der Waals surface area contributed by atoms with Crippen molar-refractivity contribution in [2.45, 2.75) is 12.8 Å². The number of nitrogens with one attached hydrogen (secondary N) is 1. The molecule has 0 amide bonds. The van der Waals surface area contributed by atoms with Crippen molar-refractivity contribution in [3.63, 3.8) is 0 Å². The zero-order valence-corrected chi connectivity index (χ0v) is 10.2. The topological polar surface area (TPSA) is 60.8 Å². The number of rotatable bonds is 2. The van der Waals surface area contributed by atoms with Gasteiger partial charge in [0.1, 0.15) is 5.75 Å². The number of thiocarbonyl (C=S) groups is 1. The lowest BCUT2D eigenvalue weighted by Crippen LogP contribution is -2.34. The van der Waals surface area contributed by atoms with E-state index in [0.29, 0.717) is 10.8 Å². The van der Waals surface area contributed by atoms with E-state index in [0.717, 1.165) is 13.1 Å². The summed E-state index contributed by atoms with van der Waals surface area (Å²) >= 11 is 5.19. The predicted octanol–water partition coefficient (Wildman–Crippen LogP) is 1.09. The Morgan fingerprint density at radius 3 is 2.88 bits per heavy atom. The van der Waals surface area contributed by atoms with Crippen molar-refractivity contribution in [2.24, 2.45) is 5.10 Å². The van der Waals surface area contributed by atoms with Crippen molar-refractivity contribution in [1.29, 1.82) is 0 Å². The molecular formula is C11H14N4OS.